The Labute approximate surface area is 95.0 Å². The molecule has 88 valence electrons. The highest BCUT2D eigenvalue weighted by Crippen LogP contribution is 2.19. The predicted molar refractivity (Wildman–Crippen MR) is 62.3 cm³/mol. The maximum absolute atomic E-state index is 11.6. The first-order valence-electron chi connectivity index (χ1n) is 5.26. The van der Waals surface area contributed by atoms with Gasteiger partial charge in [-0.05, 0) is 25.8 Å². The van der Waals surface area contributed by atoms with Crippen molar-refractivity contribution in [3.8, 4) is 0 Å². The third-order valence-electron chi connectivity index (χ3n) is 2.32. The second-order valence-electron chi connectivity index (χ2n) is 3.76. The molecule has 0 aromatic rings. The van der Waals surface area contributed by atoms with E-state index in [1.807, 2.05) is 0 Å². The Balaban J connectivity index is 2.65. The van der Waals surface area contributed by atoms with Crippen molar-refractivity contribution in [3.05, 3.63) is 11.6 Å². The molecule has 0 atom stereocenters. The molecule has 16 heavy (non-hydrogen) atoms. The quantitative estimate of drug-likeness (QED) is 0.521. The van der Waals surface area contributed by atoms with E-state index >= 15 is 0 Å². The van der Waals surface area contributed by atoms with Crippen LogP contribution in [0.2, 0.25) is 0 Å². The average molecular weight is 223 g/mol. The van der Waals surface area contributed by atoms with Crippen molar-refractivity contribution in [3.63, 3.8) is 0 Å². The minimum atomic E-state index is -0.291. The molecular weight excluding hydrogens is 206 g/mol. The van der Waals surface area contributed by atoms with Gasteiger partial charge in [0.25, 0.3) is 5.91 Å². The topological polar surface area (TPSA) is 70.6 Å². The zero-order valence-electron chi connectivity index (χ0n) is 9.83. The lowest BCUT2D eigenvalue weighted by molar-refractivity contribution is -0.117. The summed E-state index contributed by atoms with van der Waals surface area (Å²) in [6, 6.07) is 0.317. The first-order chi connectivity index (χ1) is 7.58. The molecule has 1 aliphatic carbocycles. The number of nitrogens with one attached hydrogen (secondary N) is 2. The SMILES string of the molecule is CN=C(/C=C(\C)C(=O)NC1CC1)C(=O)NC. The van der Waals surface area contributed by atoms with E-state index in [9.17, 15) is 9.59 Å². The Morgan fingerprint density at radius 2 is 1.94 bits per heavy atom. The molecule has 2 N–H and O–H groups in total. The third kappa shape index (κ3) is 3.49. The summed E-state index contributed by atoms with van der Waals surface area (Å²) in [6.07, 6.45) is 3.59. The minimum absolute atomic E-state index is 0.132. The minimum Gasteiger partial charge on any atom is -0.354 e. The van der Waals surface area contributed by atoms with Crippen molar-refractivity contribution in [2.24, 2.45) is 4.99 Å². The maximum atomic E-state index is 11.6. The maximum Gasteiger partial charge on any atom is 0.269 e. The fraction of sp³-hybridized carbons (Fsp3) is 0.545. The molecule has 1 fully saturated rings. The van der Waals surface area contributed by atoms with Crippen molar-refractivity contribution in [2.45, 2.75) is 25.8 Å². The normalized spacial score (nSPS) is 16.9. The zero-order chi connectivity index (χ0) is 12.1. The van der Waals surface area contributed by atoms with Crippen LogP contribution in [0.3, 0.4) is 0 Å². The van der Waals surface area contributed by atoms with E-state index in [0.29, 0.717) is 11.6 Å². The standard InChI is InChI=1S/C11H17N3O2/c1-7(10(15)14-8-4-5-8)6-9(12-2)11(16)13-3/h6,8H,4-5H2,1-3H3,(H,13,16)(H,14,15)/b7-6+,12-9?. The second-order valence-corrected chi connectivity index (χ2v) is 3.76. The number of hydrogen-bond donors (Lipinski definition) is 2. The van der Waals surface area contributed by atoms with Crippen molar-refractivity contribution >= 4 is 17.5 Å². The van der Waals surface area contributed by atoms with Crippen LogP contribution in [0, 0.1) is 0 Å². The van der Waals surface area contributed by atoms with Gasteiger partial charge in [-0.2, -0.15) is 0 Å². The molecule has 5 heteroatoms. The van der Waals surface area contributed by atoms with Crippen molar-refractivity contribution in [1.29, 1.82) is 0 Å². The average Bonchev–Trinajstić information content (AvgIpc) is 3.08. The first kappa shape index (κ1) is 12.4. The van der Waals surface area contributed by atoms with E-state index in [-0.39, 0.29) is 17.5 Å². The van der Waals surface area contributed by atoms with Crippen LogP contribution < -0.4 is 10.6 Å². The molecule has 0 radical (unpaired) electrons. The van der Waals surface area contributed by atoms with Crippen LogP contribution in [0.1, 0.15) is 19.8 Å². The highest BCUT2D eigenvalue weighted by Gasteiger charge is 2.23. The molecule has 5 nitrogen and oxygen atoms in total. The lowest BCUT2D eigenvalue weighted by Crippen LogP contribution is -2.29. The Morgan fingerprint density at radius 3 is 2.38 bits per heavy atom. The molecule has 0 bridgehead atoms. The van der Waals surface area contributed by atoms with E-state index in [1.54, 1.807) is 6.92 Å². The zero-order valence-corrected chi connectivity index (χ0v) is 9.83. The van der Waals surface area contributed by atoms with Gasteiger partial charge in [0, 0.05) is 25.7 Å². The number of hydrogen-bond acceptors (Lipinski definition) is 3. The Bertz CT molecular complexity index is 354. The van der Waals surface area contributed by atoms with E-state index in [0.717, 1.165) is 12.8 Å². The molecular formula is C11H17N3O2. The van der Waals surface area contributed by atoms with Gasteiger partial charge < -0.3 is 10.6 Å². The van der Waals surface area contributed by atoms with Crippen LogP contribution in [0.15, 0.2) is 16.6 Å². The summed E-state index contributed by atoms with van der Waals surface area (Å²) in [4.78, 5) is 26.7. The van der Waals surface area contributed by atoms with Gasteiger partial charge in [-0.1, -0.05) is 0 Å². The van der Waals surface area contributed by atoms with Crippen LogP contribution in [0.5, 0.6) is 0 Å². The van der Waals surface area contributed by atoms with Gasteiger partial charge in [-0.15, -0.1) is 0 Å². The fourth-order valence-electron chi connectivity index (χ4n) is 1.16. The lowest BCUT2D eigenvalue weighted by atomic mass is 10.2. The van der Waals surface area contributed by atoms with E-state index in [2.05, 4.69) is 15.6 Å². The Morgan fingerprint density at radius 1 is 1.31 bits per heavy atom. The molecule has 0 saturated heterocycles. The number of aliphatic imine (C=N–C) groups is 1. The Kier molecular flexibility index (Phi) is 4.22. The van der Waals surface area contributed by atoms with E-state index in [4.69, 9.17) is 0 Å². The third-order valence-corrected chi connectivity index (χ3v) is 2.32. The fourth-order valence-corrected chi connectivity index (χ4v) is 1.16. The van der Waals surface area contributed by atoms with E-state index < -0.39 is 0 Å². The smallest absolute Gasteiger partial charge is 0.269 e. The molecule has 1 rings (SSSR count). The molecule has 0 aromatic carbocycles. The van der Waals surface area contributed by atoms with Crippen molar-refractivity contribution in [2.75, 3.05) is 14.1 Å². The summed E-state index contributed by atoms with van der Waals surface area (Å²) >= 11 is 0. The highest BCUT2D eigenvalue weighted by atomic mass is 16.2. The van der Waals surface area contributed by atoms with Gasteiger partial charge in [0.15, 0.2) is 0 Å². The number of rotatable bonds is 4. The molecule has 1 saturated carbocycles. The highest BCUT2D eigenvalue weighted by molar-refractivity contribution is 6.43. The second kappa shape index (κ2) is 5.44. The predicted octanol–water partition coefficient (Wildman–Crippen LogP) is 0.0281. The van der Waals surface area contributed by atoms with Crippen LogP contribution in [0.25, 0.3) is 0 Å². The van der Waals surface area contributed by atoms with Gasteiger partial charge in [0.1, 0.15) is 5.71 Å². The summed E-state index contributed by atoms with van der Waals surface area (Å²) in [6.45, 7) is 1.67. The first-order valence-corrected chi connectivity index (χ1v) is 5.26. The number of nitrogens with zero attached hydrogens (tertiary/aromatic N) is 1. The van der Waals surface area contributed by atoms with Crippen LogP contribution in [-0.2, 0) is 9.59 Å². The van der Waals surface area contributed by atoms with Gasteiger partial charge >= 0.3 is 0 Å². The monoisotopic (exact) mass is 223 g/mol. The summed E-state index contributed by atoms with van der Waals surface area (Å²) < 4.78 is 0. The molecule has 1 aliphatic rings. The molecule has 0 heterocycles. The summed E-state index contributed by atoms with van der Waals surface area (Å²) in [5, 5.41) is 5.31. The van der Waals surface area contributed by atoms with Gasteiger partial charge in [0.2, 0.25) is 5.91 Å². The molecule has 0 spiro atoms. The van der Waals surface area contributed by atoms with E-state index in [1.165, 1.54) is 20.2 Å². The van der Waals surface area contributed by atoms with Crippen molar-refractivity contribution < 1.29 is 9.59 Å². The van der Waals surface area contributed by atoms with Gasteiger partial charge in [0.05, 0.1) is 0 Å². The Hall–Kier alpha value is -1.65. The van der Waals surface area contributed by atoms with Crippen LogP contribution >= 0.6 is 0 Å². The summed E-state index contributed by atoms with van der Waals surface area (Å²) in [5.74, 6) is -0.423. The van der Waals surface area contributed by atoms with Crippen LogP contribution in [-0.4, -0.2) is 37.7 Å². The van der Waals surface area contributed by atoms with Crippen LogP contribution in [0.4, 0.5) is 0 Å². The molecule has 0 aliphatic heterocycles. The largest absolute Gasteiger partial charge is 0.354 e. The summed E-state index contributed by atoms with van der Waals surface area (Å²) in [7, 11) is 3.05. The van der Waals surface area contributed by atoms with Crippen molar-refractivity contribution in [1.82, 2.24) is 10.6 Å². The van der Waals surface area contributed by atoms with Gasteiger partial charge in [-0.25, -0.2) is 0 Å². The number of carbonyl (C=O) groups is 2. The summed E-state index contributed by atoms with van der Waals surface area (Å²) in [5.41, 5.74) is 0.752. The van der Waals surface area contributed by atoms with Gasteiger partial charge in [-0.3, -0.25) is 14.6 Å². The number of carbonyl (C=O) groups excluding carboxylic acids is 2. The lowest BCUT2D eigenvalue weighted by Gasteiger charge is -2.04. The molecule has 0 aromatic heterocycles. The molecule has 0 unspecified atom stereocenters. The number of amides is 2. The molecule has 2 amide bonds.